The Balaban J connectivity index is 1.78. The van der Waals surface area contributed by atoms with Gasteiger partial charge in [0.05, 0.1) is 0 Å². The van der Waals surface area contributed by atoms with Crippen LogP contribution < -0.4 is 10.1 Å². The molecule has 0 saturated heterocycles. The molecule has 1 aromatic carbocycles. The van der Waals surface area contributed by atoms with Crippen LogP contribution in [0.2, 0.25) is 0 Å². The predicted octanol–water partition coefficient (Wildman–Crippen LogP) is 3.94. The molecule has 0 radical (unpaired) electrons. The van der Waals surface area contributed by atoms with Gasteiger partial charge in [0.25, 0.3) is 5.91 Å². The Labute approximate surface area is 156 Å². The first-order chi connectivity index (χ1) is 12.5. The topological polar surface area (TPSA) is 54.7 Å². The first kappa shape index (κ1) is 20.0. The first-order valence-electron chi connectivity index (χ1n) is 9.32. The Morgan fingerprint density at radius 2 is 1.81 bits per heavy atom. The summed E-state index contributed by atoms with van der Waals surface area (Å²) in [5.41, 5.74) is 2.31. The molecule has 0 spiro atoms. The molecule has 0 bridgehead atoms. The molecule has 1 aromatic heterocycles. The van der Waals surface area contributed by atoms with Crippen molar-refractivity contribution in [3.05, 3.63) is 53.0 Å². The van der Waals surface area contributed by atoms with Gasteiger partial charge in [-0.05, 0) is 75.3 Å². The minimum absolute atomic E-state index is 0.179. The second kappa shape index (κ2) is 10.0. The summed E-state index contributed by atoms with van der Waals surface area (Å²) in [6, 6.07) is 9.55. The molecule has 2 rings (SSSR count). The average Bonchev–Trinajstić information content (AvgIpc) is 3.08. The Bertz CT molecular complexity index is 685. The summed E-state index contributed by atoms with van der Waals surface area (Å²) in [4.78, 5) is 14.5. The van der Waals surface area contributed by atoms with Gasteiger partial charge in [-0.2, -0.15) is 0 Å². The third kappa shape index (κ3) is 6.23. The molecule has 1 N–H and O–H groups in total. The maximum Gasteiger partial charge on any atom is 0.286 e. The molecule has 0 aliphatic heterocycles. The van der Waals surface area contributed by atoms with Gasteiger partial charge < -0.3 is 19.4 Å². The number of ether oxygens (including phenoxy) is 1. The molecule has 142 valence electrons. The Hall–Kier alpha value is -2.27. The molecule has 5 nitrogen and oxygen atoms in total. The smallest absolute Gasteiger partial charge is 0.286 e. The van der Waals surface area contributed by atoms with E-state index in [9.17, 15) is 4.79 Å². The van der Waals surface area contributed by atoms with Gasteiger partial charge in [-0.3, -0.25) is 4.79 Å². The fraction of sp³-hybridized carbons (Fsp3) is 0.476. The van der Waals surface area contributed by atoms with Crippen molar-refractivity contribution < 1.29 is 13.9 Å². The summed E-state index contributed by atoms with van der Waals surface area (Å²) in [6.45, 7) is 12.4. The van der Waals surface area contributed by atoms with Gasteiger partial charge in [-0.15, -0.1) is 0 Å². The van der Waals surface area contributed by atoms with E-state index in [1.807, 2.05) is 26.0 Å². The molecule has 0 aliphatic rings. The third-order valence-corrected chi connectivity index (χ3v) is 4.29. The highest BCUT2D eigenvalue weighted by Gasteiger charge is 2.11. The second-order valence-corrected chi connectivity index (χ2v) is 6.51. The van der Waals surface area contributed by atoms with E-state index in [0.29, 0.717) is 24.7 Å². The van der Waals surface area contributed by atoms with Gasteiger partial charge in [0.15, 0.2) is 5.76 Å². The minimum Gasteiger partial charge on any atom is -0.486 e. The number of nitrogens with zero attached hydrogens (tertiary/aromatic N) is 1. The molecular formula is C21H30N2O3. The van der Waals surface area contributed by atoms with Gasteiger partial charge in [0, 0.05) is 6.54 Å². The lowest BCUT2D eigenvalue weighted by atomic mass is 10.1. The molecule has 0 aliphatic carbocycles. The first-order valence-corrected chi connectivity index (χ1v) is 9.32. The Morgan fingerprint density at radius 1 is 1.12 bits per heavy atom. The zero-order chi connectivity index (χ0) is 18.9. The Kier molecular flexibility index (Phi) is 7.73. The number of hydrogen-bond acceptors (Lipinski definition) is 4. The summed E-state index contributed by atoms with van der Waals surface area (Å²) < 4.78 is 11.4. The maximum atomic E-state index is 12.1. The van der Waals surface area contributed by atoms with E-state index in [-0.39, 0.29) is 5.91 Å². The van der Waals surface area contributed by atoms with Crippen LogP contribution in [0.4, 0.5) is 0 Å². The lowest BCUT2D eigenvalue weighted by Crippen LogP contribution is -2.29. The van der Waals surface area contributed by atoms with E-state index < -0.39 is 0 Å². The van der Waals surface area contributed by atoms with Crippen molar-refractivity contribution in [3.8, 4) is 5.75 Å². The lowest BCUT2D eigenvalue weighted by molar-refractivity contribution is 0.0920. The molecule has 0 fully saturated rings. The van der Waals surface area contributed by atoms with E-state index >= 15 is 0 Å². The van der Waals surface area contributed by atoms with Crippen LogP contribution in [0.25, 0.3) is 0 Å². The quantitative estimate of drug-likeness (QED) is 0.654. The number of benzene rings is 1. The van der Waals surface area contributed by atoms with Crippen LogP contribution >= 0.6 is 0 Å². The summed E-state index contributed by atoms with van der Waals surface area (Å²) in [6.07, 6.45) is 0.927. The van der Waals surface area contributed by atoms with E-state index in [1.54, 1.807) is 12.1 Å². The summed E-state index contributed by atoms with van der Waals surface area (Å²) in [5, 5.41) is 2.90. The molecule has 5 heteroatoms. The normalized spacial score (nSPS) is 11.0. The predicted molar refractivity (Wildman–Crippen MR) is 104 cm³/mol. The minimum atomic E-state index is -0.179. The summed E-state index contributed by atoms with van der Waals surface area (Å²) in [7, 11) is 0. The van der Waals surface area contributed by atoms with Crippen LogP contribution in [0, 0.1) is 13.8 Å². The van der Waals surface area contributed by atoms with Crippen LogP contribution in [0.1, 0.15) is 47.7 Å². The van der Waals surface area contributed by atoms with Crippen LogP contribution in [0.15, 0.2) is 34.7 Å². The van der Waals surface area contributed by atoms with E-state index in [4.69, 9.17) is 9.15 Å². The maximum absolute atomic E-state index is 12.1. The van der Waals surface area contributed by atoms with Gasteiger partial charge in [-0.25, -0.2) is 0 Å². The Morgan fingerprint density at radius 3 is 2.46 bits per heavy atom. The number of nitrogens with one attached hydrogen (secondary N) is 1. The van der Waals surface area contributed by atoms with Gasteiger partial charge in [0.1, 0.15) is 18.1 Å². The van der Waals surface area contributed by atoms with Gasteiger partial charge >= 0.3 is 0 Å². The SMILES string of the molecule is CCN(CC)CCCNC(=O)c1ccc(COc2cc(C)cc(C)c2)o1. The summed E-state index contributed by atoms with van der Waals surface area (Å²) >= 11 is 0. The van der Waals surface area contributed by atoms with E-state index in [2.05, 4.69) is 30.1 Å². The molecule has 0 atom stereocenters. The number of furan rings is 1. The van der Waals surface area contributed by atoms with Crippen molar-refractivity contribution in [1.29, 1.82) is 0 Å². The van der Waals surface area contributed by atoms with Crippen molar-refractivity contribution >= 4 is 5.91 Å². The van der Waals surface area contributed by atoms with Crippen molar-refractivity contribution in [2.45, 2.75) is 40.7 Å². The molecule has 0 saturated carbocycles. The highest BCUT2D eigenvalue weighted by atomic mass is 16.5. The van der Waals surface area contributed by atoms with Gasteiger partial charge in [0.2, 0.25) is 0 Å². The summed E-state index contributed by atoms with van der Waals surface area (Å²) in [5.74, 6) is 1.59. The fourth-order valence-corrected chi connectivity index (χ4v) is 2.88. The van der Waals surface area contributed by atoms with Crippen molar-refractivity contribution in [3.63, 3.8) is 0 Å². The molecule has 0 unspecified atom stereocenters. The highest BCUT2D eigenvalue weighted by Crippen LogP contribution is 2.18. The van der Waals surface area contributed by atoms with Crippen LogP contribution in [-0.2, 0) is 6.61 Å². The molecule has 1 amide bonds. The molecule has 1 heterocycles. The number of aryl methyl sites for hydroxylation is 2. The monoisotopic (exact) mass is 358 g/mol. The third-order valence-electron chi connectivity index (χ3n) is 4.29. The largest absolute Gasteiger partial charge is 0.486 e. The number of amides is 1. The van der Waals surface area contributed by atoms with E-state index in [1.165, 1.54) is 0 Å². The molecule has 2 aromatic rings. The zero-order valence-corrected chi connectivity index (χ0v) is 16.3. The molecular weight excluding hydrogens is 328 g/mol. The van der Waals surface area contributed by atoms with Crippen molar-refractivity contribution in [2.75, 3.05) is 26.2 Å². The number of hydrogen-bond donors (Lipinski definition) is 1. The second-order valence-electron chi connectivity index (χ2n) is 6.51. The lowest BCUT2D eigenvalue weighted by Gasteiger charge is -2.17. The van der Waals surface area contributed by atoms with Crippen molar-refractivity contribution in [1.82, 2.24) is 10.2 Å². The average molecular weight is 358 g/mol. The van der Waals surface area contributed by atoms with Crippen LogP contribution in [0.5, 0.6) is 5.75 Å². The van der Waals surface area contributed by atoms with Gasteiger partial charge in [-0.1, -0.05) is 19.9 Å². The highest BCUT2D eigenvalue weighted by molar-refractivity contribution is 5.91. The number of carbonyl (C=O) groups excluding carboxylic acids is 1. The van der Waals surface area contributed by atoms with Crippen LogP contribution in [-0.4, -0.2) is 37.0 Å². The standard InChI is InChI=1S/C21H30N2O3/c1-5-23(6-2)11-7-10-22-21(24)20-9-8-18(26-20)15-25-19-13-16(3)12-17(4)14-19/h8-9,12-14H,5-7,10-11,15H2,1-4H3,(H,22,24). The number of carbonyl (C=O) groups is 1. The molecule has 26 heavy (non-hydrogen) atoms. The zero-order valence-electron chi connectivity index (χ0n) is 16.3. The van der Waals surface area contributed by atoms with Crippen LogP contribution in [0.3, 0.4) is 0 Å². The number of rotatable bonds is 10. The van der Waals surface area contributed by atoms with E-state index in [0.717, 1.165) is 42.9 Å². The van der Waals surface area contributed by atoms with Crippen molar-refractivity contribution in [2.24, 2.45) is 0 Å². The fourth-order valence-electron chi connectivity index (χ4n) is 2.88.